The second-order valence-electron chi connectivity index (χ2n) is 12.6. The van der Waals surface area contributed by atoms with Crippen LogP contribution in [0, 0.1) is 5.41 Å². The van der Waals surface area contributed by atoms with E-state index in [4.69, 9.17) is 21.3 Å². The van der Waals surface area contributed by atoms with Crippen molar-refractivity contribution in [1.82, 2.24) is 20.6 Å². The van der Waals surface area contributed by atoms with Crippen LogP contribution in [0.3, 0.4) is 0 Å². The molecule has 1 aliphatic heterocycles. The summed E-state index contributed by atoms with van der Waals surface area (Å²) in [6.45, 7) is 12.2. The van der Waals surface area contributed by atoms with Crippen molar-refractivity contribution < 1.29 is 18.7 Å². The molecule has 2 amide bonds. The standard InChI is InChI=1S/C32H42ClFN4O3/c1-7-35-28(39)27(30(2,3)4)38-29(40)32(14-16-41-17-15-32)20-12-13-24-25(18-20)37-26(36-24)19-22(31(5,6)34)21-10-8-9-11-23(21)33/h8-13,18,22,27H,7,14-17,19H2,1-6H3,(H,35,39)(H,36,37)(H,38,40)/t22?,27-/m0/s1. The number of hydrogen-bond donors (Lipinski definition) is 3. The summed E-state index contributed by atoms with van der Waals surface area (Å²) in [5.74, 6) is -0.258. The van der Waals surface area contributed by atoms with Crippen molar-refractivity contribution in [3.05, 3.63) is 64.4 Å². The van der Waals surface area contributed by atoms with Gasteiger partial charge in [-0.05, 0) is 68.4 Å². The number of nitrogens with zero attached hydrogens (tertiary/aromatic N) is 1. The molecule has 222 valence electrons. The summed E-state index contributed by atoms with van der Waals surface area (Å²) in [7, 11) is 0. The molecule has 1 aromatic heterocycles. The number of carbonyl (C=O) groups is 2. The van der Waals surface area contributed by atoms with Crippen molar-refractivity contribution in [1.29, 1.82) is 0 Å². The van der Waals surface area contributed by atoms with E-state index < -0.39 is 28.5 Å². The Bertz CT molecular complexity index is 1390. The average molecular weight is 585 g/mol. The van der Waals surface area contributed by atoms with Gasteiger partial charge in [0.2, 0.25) is 11.8 Å². The van der Waals surface area contributed by atoms with Crippen LogP contribution in [-0.4, -0.2) is 53.3 Å². The molecule has 1 unspecified atom stereocenters. The van der Waals surface area contributed by atoms with Crippen LogP contribution in [0.4, 0.5) is 4.39 Å². The zero-order chi connectivity index (χ0) is 30.0. The molecule has 0 radical (unpaired) electrons. The van der Waals surface area contributed by atoms with Gasteiger partial charge in [-0.25, -0.2) is 9.37 Å². The number of halogens is 2. The van der Waals surface area contributed by atoms with E-state index in [1.165, 1.54) is 0 Å². The zero-order valence-electron chi connectivity index (χ0n) is 24.9. The van der Waals surface area contributed by atoms with Crippen molar-refractivity contribution in [2.75, 3.05) is 19.8 Å². The van der Waals surface area contributed by atoms with E-state index >= 15 is 4.39 Å². The largest absolute Gasteiger partial charge is 0.381 e. The fourth-order valence-electron chi connectivity index (χ4n) is 5.72. The first-order valence-corrected chi connectivity index (χ1v) is 14.7. The number of alkyl halides is 1. The van der Waals surface area contributed by atoms with Gasteiger partial charge in [0.15, 0.2) is 0 Å². The lowest BCUT2D eigenvalue weighted by Gasteiger charge is -2.39. The van der Waals surface area contributed by atoms with E-state index in [9.17, 15) is 9.59 Å². The SMILES string of the molecule is CCNC(=O)[C@H](NC(=O)C1(c2ccc3nc(CC(c4ccccc4Cl)C(C)(C)F)[nH]c3c2)CCOCC1)C(C)(C)C. The third-order valence-electron chi connectivity index (χ3n) is 8.13. The molecular formula is C32H42ClFN4O3. The highest BCUT2D eigenvalue weighted by molar-refractivity contribution is 6.31. The van der Waals surface area contributed by atoms with Crippen LogP contribution in [0.15, 0.2) is 42.5 Å². The van der Waals surface area contributed by atoms with Crippen LogP contribution in [0.1, 0.15) is 77.3 Å². The number of fused-ring (bicyclic) bond motifs is 1. The van der Waals surface area contributed by atoms with Crippen LogP contribution in [0.5, 0.6) is 0 Å². The van der Waals surface area contributed by atoms with Gasteiger partial charge in [0.1, 0.15) is 17.5 Å². The Labute approximate surface area is 247 Å². The molecular weight excluding hydrogens is 543 g/mol. The monoisotopic (exact) mass is 584 g/mol. The molecule has 2 aromatic carbocycles. The van der Waals surface area contributed by atoms with Crippen molar-refractivity contribution in [2.24, 2.45) is 5.41 Å². The molecule has 1 saturated heterocycles. The predicted octanol–water partition coefficient (Wildman–Crippen LogP) is 6.01. The Morgan fingerprint density at radius 2 is 1.80 bits per heavy atom. The van der Waals surface area contributed by atoms with Gasteiger partial charge in [-0.1, -0.05) is 56.6 Å². The number of carbonyl (C=O) groups excluding carboxylic acids is 2. The minimum atomic E-state index is -1.53. The second kappa shape index (κ2) is 12.1. The molecule has 3 N–H and O–H groups in total. The van der Waals surface area contributed by atoms with Crippen LogP contribution in [-0.2, 0) is 26.2 Å². The summed E-state index contributed by atoms with van der Waals surface area (Å²) in [4.78, 5) is 35.1. The van der Waals surface area contributed by atoms with E-state index in [-0.39, 0.29) is 11.8 Å². The molecule has 4 rings (SSSR count). The van der Waals surface area contributed by atoms with Gasteiger partial charge in [0.25, 0.3) is 0 Å². The number of H-pyrrole nitrogens is 1. The summed E-state index contributed by atoms with van der Waals surface area (Å²) in [6.07, 6.45) is 1.31. The quantitative estimate of drug-likeness (QED) is 0.287. The Morgan fingerprint density at radius 3 is 2.41 bits per heavy atom. The first-order valence-electron chi connectivity index (χ1n) is 14.3. The van der Waals surface area contributed by atoms with Crippen molar-refractivity contribution in [3.63, 3.8) is 0 Å². The second-order valence-corrected chi connectivity index (χ2v) is 13.0. The average Bonchev–Trinajstić information content (AvgIpc) is 3.32. The first kappa shape index (κ1) is 31.0. The van der Waals surface area contributed by atoms with Gasteiger partial charge in [0.05, 0.1) is 16.4 Å². The molecule has 3 aromatic rings. The summed E-state index contributed by atoms with van der Waals surface area (Å²) in [5.41, 5.74) is 0.185. The van der Waals surface area contributed by atoms with Crippen LogP contribution in [0.25, 0.3) is 11.0 Å². The van der Waals surface area contributed by atoms with Gasteiger partial charge in [-0.15, -0.1) is 0 Å². The van der Waals surface area contributed by atoms with Gasteiger partial charge >= 0.3 is 0 Å². The topological polar surface area (TPSA) is 96.1 Å². The molecule has 2 atom stereocenters. The van der Waals surface area contributed by atoms with Crippen molar-refractivity contribution in [2.45, 2.75) is 83.8 Å². The minimum Gasteiger partial charge on any atom is -0.381 e. The van der Waals surface area contributed by atoms with Crippen LogP contribution >= 0.6 is 11.6 Å². The smallest absolute Gasteiger partial charge is 0.243 e. The maximum atomic E-state index is 15.4. The summed E-state index contributed by atoms with van der Waals surface area (Å²) >= 11 is 6.45. The number of rotatable bonds is 9. The van der Waals surface area contributed by atoms with Crippen LogP contribution < -0.4 is 10.6 Å². The fourth-order valence-corrected chi connectivity index (χ4v) is 5.99. The number of aromatic nitrogens is 2. The molecule has 0 bridgehead atoms. The zero-order valence-corrected chi connectivity index (χ0v) is 25.6. The van der Waals surface area contributed by atoms with Gasteiger partial charge in [-0.3, -0.25) is 9.59 Å². The highest BCUT2D eigenvalue weighted by Crippen LogP contribution is 2.39. The molecule has 0 saturated carbocycles. The highest BCUT2D eigenvalue weighted by Gasteiger charge is 2.45. The molecule has 41 heavy (non-hydrogen) atoms. The Balaban J connectivity index is 1.68. The molecule has 2 heterocycles. The lowest BCUT2D eigenvalue weighted by Crippen LogP contribution is -2.58. The number of hydrogen-bond acceptors (Lipinski definition) is 4. The third-order valence-corrected chi connectivity index (χ3v) is 8.47. The fraction of sp³-hybridized carbons (Fsp3) is 0.531. The maximum absolute atomic E-state index is 15.4. The molecule has 0 spiro atoms. The number of aromatic amines is 1. The Hall–Kier alpha value is -2.97. The number of imidazole rings is 1. The number of nitrogens with one attached hydrogen (secondary N) is 3. The van der Waals surface area contributed by atoms with Gasteiger partial charge in [-0.2, -0.15) is 0 Å². The van der Waals surface area contributed by atoms with Gasteiger partial charge < -0.3 is 20.4 Å². The van der Waals surface area contributed by atoms with E-state index in [2.05, 4.69) is 15.6 Å². The summed E-state index contributed by atoms with van der Waals surface area (Å²) < 4.78 is 21.1. The lowest BCUT2D eigenvalue weighted by atomic mass is 9.72. The molecule has 1 fully saturated rings. The van der Waals surface area contributed by atoms with Gasteiger partial charge in [0, 0.05) is 37.1 Å². The van der Waals surface area contributed by atoms with E-state index in [0.717, 1.165) is 22.2 Å². The van der Waals surface area contributed by atoms with E-state index in [0.29, 0.717) is 49.9 Å². The number of ether oxygens (including phenoxy) is 1. The third kappa shape index (κ3) is 6.75. The van der Waals surface area contributed by atoms with Crippen molar-refractivity contribution >= 4 is 34.4 Å². The van der Waals surface area contributed by atoms with Crippen LogP contribution in [0.2, 0.25) is 5.02 Å². The predicted molar refractivity (Wildman–Crippen MR) is 161 cm³/mol. The molecule has 9 heteroatoms. The lowest BCUT2D eigenvalue weighted by molar-refractivity contribution is -0.137. The Morgan fingerprint density at radius 1 is 1.12 bits per heavy atom. The summed E-state index contributed by atoms with van der Waals surface area (Å²) in [6, 6.07) is 12.4. The van der Waals surface area contributed by atoms with Crippen molar-refractivity contribution in [3.8, 4) is 0 Å². The van der Waals surface area contributed by atoms with E-state index in [1.807, 2.05) is 64.1 Å². The maximum Gasteiger partial charge on any atom is 0.243 e. The minimum absolute atomic E-state index is 0.191. The Kier molecular flexibility index (Phi) is 9.14. The number of benzene rings is 2. The molecule has 7 nitrogen and oxygen atoms in total. The highest BCUT2D eigenvalue weighted by atomic mass is 35.5. The normalized spacial score (nSPS) is 17.2. The first-order chi connectivity index (χ1) is 19.3. The number of likely N-dealkylation sites (N-methyl/N-ethyl adjacent to an activating group) is 1. The molecule has 0 aliphatic carbocycles. The molecule has 1 aliphatic rings. The number of amides is 2. The summed E-state index contributed by atoms with van der Waals surface area (Å²) in [5, 5.41) is 6.46. The van der Waals surface area contributed by atoms with E-state index in [1.54, 1.807) is 19.9 Å².